The molecule has 4 aromatic carbocycles. The number of aromatic nitrogens is 3. The van der Waals surface area contributed by atoms with Gasteiger partial charge in [-0.1, -0.05) is 100 Å². The lowest BCUT2D eigenvalue weighted by molar-refractivity contribution is -0.118. The Morgan fingerprint density at radius 2 is 1.67 bits per heavy atom. The van der Waals surface area contributed by atoms with E-state index in [0.717, 1.165) is 26.9 Å². The molecule has 0 unspecified atom stereocenters. The molecule has 9 heteroatoms. The summed E-state index contributed by atoms with van der Waals surface area (Å²) in [4.78, 5) is 12.6. The van der Waals surface area contributed by atoms with Crippen LogP contribution in [-0.4, -0.2) is 32.6 Å². The number of hydrazone groups is 1. The predicted octanol–water partition coefficient (Wildman–Crippen LogP) is 6.52. The molecule has 39 heavy (non-hydrogen) atoms. The second-order valence-electron chi connectivity index (χ2n) is 8.38. The van der Waals surface area contributed by atoms with Gasteiger partial charge in [0.25, 0.3) is 5.91 Å². The van der Waals surface area contributed by atoms with Gasteiger partial charge in [0.1, 0.15) is 12.4 Å². The fraction of sp³-hybridized carbons (Fsp3) is 0.0667. The highest BCUT2D eigenvalue weighted by Crippen LogP contribution is 2.27. The van der Waals surface area contributed by atoms with Crippen molar-refractivity contribution in [2.75, 3.05) is 5.75 Å². The minimum Gasteiger partial charge on any atom is -0.488 e. The Hall–Kier alpha value is -4.21. The number of hydrogen-bond acceptors (Lipinski definition) is 6. The fourth-order valence-electron chi connectivity index (χ4n) is 3.79. The van der Waals surface area contributed by atoms with E-state index < -0.39 is 0 Å². The summed E-state index contributed by atoms with van der Waals surface area (Å²) in [6.45, 7) is 0.417. The molecule has 0 aliphatic heterocycles. The van der Waals surface area contributed by atoms with Crippen LogP contribution in [-0.2, 0) is 11.4 Å². The minimum atomic E-state index is -0.257. The highest BCUT2D eigenvalue weighted by atomic mass is 79.9. The zero-order valence-electron chi connectivity index (χ0n) is 20.8. The van der Waals surface area contributed by atoms with Crippen LogP contribution < -0.4 is 10.2 Å². The molecule has 0 spiro atoms. The second kappa shape index (κ2) is 13.0. The maximum atomic E-state index is 12.6. The molecular weight excluding hydrogens is 574 g/mol. The number of carbonyl (C=O) groups is 1. The van der Waals surface area contributed by atoms with E-state index in [0.29, 0.717) is 23.3 Å². The van der Waals surface area contributed by atoms with E-state index in [2.05, 4.69) is 36.7 Å². The number of amides is 1. The standard InChI is InChI=1S/C30H24BrN5O2S/c31-25-14-9-10-22(18-25)20-38-27-17-8-7-13-24(27)19-32-33-28(37)21-39-30-35-34-29(23-11-3-1-4-12-23)36(30)26-15-5-2-6-16-26/h1-19H,20-21H2,(H,33,37)/b32-19-. The van der Waals surface area contributed by atoms with Gasteiger partial charge in [0, 0.05) is 21.3 Å². The van der Waals surface area contributed by atoms with Crippen molar-refractivity contribution in [3.8, 4) is 22.8 Å². The number of nitrogens with one attached hydrogen (secondary N) is 1. The molecule has 5 rings (SSSR count). The maximum absolute atomic E-state index is 12.6. The molecule has 194 valence electrons. The molecule has 0 aliphatic carbocycles. The molecule has 7 nitrogen and oxygen atoms in total. The van der Waals surface area contributed by atoms with Gasteiger partial charge < -0.3 is 4.74 Å². The van der Waals surface area contributed by atoms with Crippen LogP contribution in [0.2, 0.25) is 0 Å². The molecule has 0 bridgehead atoms. The van der Waals surface area contributed by atoms with Gasteiger partial charge in [-0.2, -0.15) is 5.10 Å². The van der Waals surface area contributed by atoms with Crippen molar-refractivity contribution >= 4 is 39.8 Å². The number of halogens is 1. The molecule has 0 atom stereocenters. The Bertz CT molecular complexity index is 1580. The van der Waals surface area contributed by atoms with Crippen molar-refractivity contribution in [2.45, 2.75) is 11.8 Å². The number of carbonyl (C=O) groups excluding carboxylic acids is 1. The van der Waals surface area contributed by atoms with Gasteiger partial charge in [0.2, 0.25) is 0 Å². The van der Waals surface area contributed by atoms with E-state index in [1.54, 1.807) is 6.21 Å². The number of rotatable bonds is 10. The van der Waals surface area contributed by atoms with Crippen molar-refractivity contribution in [1.82, 2.24) is 20.2 Å². The summed E-state index contributed by atoms with van der Waals surface area (Å²) >= 11 is 4.77. The Kier molecular flexibility index (Phi) is 8.82. The smallest absolute Gasteiger partial charge is 0.250 e. The summed E-state index contributed by atoms with van der Waals surface area (Å²) < 4.78 is 8.94. The van der Waals surface area contributed by atoms with E-state index in [-0.39, 0.29) is 11.7 Å². The van der Waals surface area contributed by atoms with Crippen LogP contribution in [0.25, 0.3) is 17.1 Å². The SMILES string of the molecule is O=C(CSc1nnc(-c2ccccc2)n1-c1ccccc1)N/N=C\c1ccccc1OCc1cccc(Br)c1. The number of ether oxygens (including phenoxy) is 1. The van der Waals surface area contributed by atoms with E-state index in [1.807, 2.05) is 114 Å². The van der Waals surface area contributed by atoms with Crippen molar-refractivity contribution in [1.29, 1.82) is 0 Å². The summed E-state index contributed by atoms with van der Waals surface area (Å²) in [6, 6.07) is 35.2. The van der Waals surface area contributed by atoms with Gasteiger partial charge in [-0.05, 0) is 42.0 Å². The highest BCUT2D eigenvalue weighted by molar-refractivity contribution is 9.10. The third-order valence-electron chi connectivity index (χ3n) is 5.61. The Morgan fingerprint density at radius 1 is 0.923 bits per heavy atom. The van der Waals surface area contributed by atoms with Gasteiger partial charge in [-0.15, -0.1) is 10.2 Å². The zero-order chi connectivity index (χ0) is 26.9. The molecular formula is C30H24BrN5O2S. The first kappa shape index (κ1) is 26.4. The van der Waals surface area contributed by atoms with Crippen LogP contribution >= 0.6 is 27.7 Å². The molecule has 0 saturated carbocycles. The summed E-state index contributed by atoms with van der Waals surface area (Å²) in [5.41, 5.74) is 6.26. The largest absolute Gasteiger partial charge is 0.488 e. The first-order chi connectivity index (χ1) is 19.2. The predicted molar refractivity (Wildman–Crippen MR) is 158 cm³/mol. The average Bonchev–Trinajstić information content (AvgIpc) is 3.41. The van der Waals surface area contributed by atoms with E-state index in [9.17, 15) is 4.79 Å². The molecule has 1 amide bonds. The number of thioether (sulfide) groups is 1. The van der Waals surface area contributed by atoms with Crippen LogP contribution in [0.3, 0.4) is 0 Å². The first-order valence-electron chi connectivity index (χ1n) is 12.1. The highest BCUT2D eigenvalue weighted by Gasteiger charge is 2.17. The lowest BCUT2D eigenvalue weighted by Crippen LogP contribution is -2.20. The molecule has 5 aromatic rings. The average molecular weight is 599 g/mol. The Balaban J connectivity index is 1.23. The maximum Gasteiger partial charge on any atom is 0.250 e. The number of para-hydroxylation sites is 2. The minimum absolute atomic E-state index is 0.123. The molecule has 1 aromatic heterocycles. The van der Waals surface area contributed by atoms with Gasteiger partial charge in [0.05, 0.1) is 12.0 Å². The van der Waals surface area contributed by atoms with Gasteiger partial charge in [-0.25, -0.2) is 5.43 Å². The zero-order valence-corrected chi connectivity index (χ0v) is 23.2. The van der Waals surface area contributed by atoms with E-state index in [1.165, 1.54) is 11.8 Å². The van der Waals surface area contributed by atoms with Crippen molar-refractivity contribution in [2.24, 2.45) is 5.10 Å². The monoisotopic (exact) mass is 597 g/mol. The quantitative estimate of drug-likeness (QED) is 0.113. The van der Waals surface area contributed by atoms with Crippen molar-refractivity contribution < 1.29 is 9.53 Å². The van der Waals surface area contributed by atoms with Crippen molar-refractivity contribution in [3.63, 3.8) is 0 Å². The Morgan fingerprint density at radius 3 is 2.46 bits per heavy atom. The van der Waals surface area contributed by atoms with Gasteiger partial charge in [-0.3, -0.25) is 9.36 Å². The summed E-state index contributed by atoms with van der Waals surface area (Å²) in [5, 5.41) is 13.5. The summed E-state index contributed by atoms with van der Waals surface area (Å²) in [6.07, 6.45) is 1.58. The fourth-order valence-corrected chi connectivity index (χ4v) is 4.98. The third kappa shape index (κ3) is 7.01. The molecule has 0 saturated heterocycles. The van der Waals surface area contributed by atoms with Crippen LogP contribution in [0, 0.1) is 0 Å². The topological polar surface area (TPSA) is 81.4 Å². The Labute approximate surface area is 239 Å². The molecule has 0 radical (unpaired) electrons. The number of benzene rings is 4. The van der Waals surface area contributed by atoms with E-state index in [4.69, 9.17) is 4.74 Å². The molecule has 1 N–H and O–H groups in total. The van der Waals surface area contributed by atoms with Crippen LogP contribution in [0.15, 0.2) is 124 Å². The first-order valence-corrected chi connectivity index (χ1v) is 13.9. The summed E-state index contributed by atoms with van der Waals surface area (Å²) in [5.74, 6) is 1.25. The lowest BCUT2D eigenvalue weighted by Gasteiger charge is -2.10. The van der Waals surface area contributed by atoms with Crippen LogP contribution in [0.5, 0.6) is 5.75 Å². The lowest BCUT2D eigenvalue weighted by atomic mass is 10.2. The second-order valence-corrected chi connectivity index (χ2v) is 10.2. The van der Waals surface area contributed by atoms with Crippen molar-refractivity contribution in [3.05, 3.63) is 125 Å². The third-order valence-corrected chi connectivity index (χ3v) is 7.03. The van der Waals surface area contributed by atoms with Gasteiger partial charge in [0.15, 0.2) is 11.0 Å². The van der Waals surface area contributed by atoms with Gasteiger partial charge >= 0.3 is 0 Å². The molecule has 1 heterocycles. The number of nitrogens with zero attached hydrogens (tertiary/aromatic N) is 4. The normalized spacial score (nSPS) is 11.0. The van der Waals surface area contributed by atoms with E-state index >= 15 is 0 Å². The van der Waals surface area contributed by atoms with Crippen LogP contribution in [0.1, 0.15) is 11.1 Å². The summed E-state index contributed by atoms with van der Waals surface area (Å²) in [7, 11) is 0. The number of hydrogen-bond donors (Lipinski definition) is 1. The molecule has 0 fully saturated rings. The van der Waals surface area contributed by atoms with Crippen LogP contribution in [0.4, 0.5) is 0 Å². The molecule has 0 aliphatic rings.